The second-order valence-electron chi connectivity index (χ2n) is 7.69. The first kappa shape index (κ1) is 20.9. The third-order valence-electron chi connectivity index (χ3n) is 5.78. The molecule has 4 rings (SSSR count). The Balaban J connectivity index is 1.50. The van der Waals surface area contributed by atoms with Crippen LogP contribution in [0.25, 0.3) is 10.8 Å². The number of ether oxygens (including phenoxy) is 1. The Kier molecular flexibility index (Phi) is 6.48. The topological polar surface area (TPSA) is 70.7 Å². The first-order valence-electron chi connectivity index (χ1n) is 10.6. The Morgan fingerprint density at radius 2 is 1.65 bits per heavy atom. The molecule has 0 spiro atoms. The fourth-order valence-electron chi connectivity index (χ4n) is 4.23. The van der Waals surface area contributed by atoms with E-state index in [0.717, 1.165) is 25.9 Å². The van der Waals surface area contributed by atoms with Gasteiger partial charge in [-0.05, 0) is 54.4 Å². The highest BCUT2D eigenvalue weighted by atomic mass is 16.5. The number of benzene rings is 3. The van der Waals surface area contributed by atoms with Gasteiger partial charge in [-0.25, -0.2) is 0 Å². The normalized spacial score (nSPS) is 14.9. The molecule has 2 N–H and O–H groups in total. The molecule has 0 bridgehead atoms. The number of methoxy groups -OCH3 is 1. The first-order valence-corrected chi connectivity index (χ1v) is 10.6. The molecule has 6 nitrogen and oxygen atoms in total. The van der Waals surface area contributed by atoms with E-state index >= 15 is 0 Å². The maximum Gasteiger partial charge on any atom is 0.313 e. The minimum absolute atomic E-state index is 0.0108. The number of anilines is 1. The Labute approximate surface area is 182 Å². The van der Waals surface area contributed by atoms with Crippen molar-refractivity contribution in [2.75, 3.05) is 32.1 Å². The van der Waals surface area contributed by atoms with Gasteiger partial charge in [0.05, 0.1) is 18.8 Å². The van der Waals surface area contributed by atoms with Crippen LogP contribution in [-0.2, 0) is 9.59 Å². The van der Waals surface area contributed by atoms with Crippen molar-refractivity contribution < 1.29 is 14.3 Å². The molecule has 0 radical (unpaired) electrons. The summed E-state index contributed by atoms with van der Waals surface area (Å²) < 4.78 is 5.24. The van der Waals surface area contributed by atoms with Crippen molar-refractivity contribution in [3.05, 3.63) is 72.3 Å². The SMILES string of the molecule is COc1ccccc1NC(=O)C(=O)NC[C@@H](c1cccc2ccccc12)N1CCCC1. The van der Waals surface area contributed by atoms with Gasteiger partial charge in [0.1, 0.15) is 5.75 Å². The highest BCUT2D eigenvalue weighted by molar-refractivity contribution is 6.39. The molecule has 1 saturated heterocycles. The number of para-hydroxylation sites is 2. The Bertz CT molecular complexity index is 1070. The predicted molar refractivity (Wildman–Crippen MR) is 122 cm³/mol. The number of likely N-dealkylation sites (tertiary alicyclic amines) is 1. The average molecular weight is 418 g/mol. The van der Waals surface area contributed by atoms with Crippen molar-refractivity contribution in [1.82, 2.24) is 10.2 Å². The third kappa shape index (κ3) is 4.70. The van der Waals surface area contributed by atoms with E-state index in [9.17, 15) is 9.59 Å². The Hall–Kier alpha value is -3.38. The molecule has 0 saturated carbocycles. The van der Waals surface area contributed by atoms with Gasteiger partial charge in [-0.1, -0.05) is 54.6 Å². The molecule has 0 aliphatic carbocycles. The van der Waals surface area contributed by atoms with Gasteiger partial charge in [-0.3, -0.25) is 14.5 Å². The van der Waals surface area contributed by atoms with E-state index < -0.39 is 11.8 Å². The van der Waals surface area contributed by atoms with Crippen molar-refractivity contribution in [3.63, 3.8) is 0 Å². The number of fused-ring (bicyclic) bond motifs is 1. The lowest BCUT2D eigenvalue weighted by atomic mass is 9.97. The molecular weight excluding hydrogens is 390 g/mol. The summed E-state index contributed by atoms with van der Waals surface area (Å²) in [7, 11) is 1.52. The summed E-state index contributed by atoms with van der Waals surface area (Å²) in [5, 5.41) is 7.83. The molecule has 1 fully saturated rings. The zero-order valence-electron chi connectivity index (χ0n) is 17.6. The number of hydrogen-bond donors (Lipinski definition) is 2. The van der Waals surface area contributed by atoms with Crippen molar-refractivity contribution in [2.45, 2.75) is 18.9 Å². The maximum absolute atomic E-state index is 12.6. The summed E-state index contributed by atoms with van der Waals surface area (Å²) in [5.74, 6) is -0.854. The number of nitrogens with one attached hydrogen (secondary N) is 2. The third-order valence-corrected chi connectivity index (χ3v) is 5.78. The Morgan fingerprint density at radius 3 is 2.45 bits per heavy atom. The van der Waals surface area contributed by atoms with Gasteiger partial charge < -0.3 is 15.4 Å². The molecule has 31 heavy (non-hydrogen) atoms. The van der Waals surface area contributed by atoms with Crippen LogP contribution in [0.15, 0.2) is 66.7 Å². The summed E-state index contributed by atoms with van der Waals surface area (Å²) in [6.07, 6.45) is 2.28. The first-order chi connectivity index (χ1) is 15.2. The number of carbonyl (C=O) groups is 2. The van der Waals surface area contributed by atoms with Crippen molar-refractivity contribution in [2.24, 2.45) is 0 Å². The predicted octanol–water partition coefficient (Wildman–Crippen LogP) is 3.74. The van der Waals surface area contributed by atoms with E-state index in [2.05, 4.69) is 45.9 Å². The molecule has 2 amide bonds. The van der Waals surface area contributed by atoms with E-state index in [1.807, 2.05) is 12.1 Å². The Morgan fingerprint density at radius 1 is 0.935 bits per heavy atom. The van der Waals surface area contributed by atoms with Gasteiger partial charge >= 0.3 is 11.8 Å². The lowest BCUT2D eigenvalue weighted by Crippen LogP contribution is -2.41. The molecule has 1 heterocycles. The highest BCUT2D eigenvalue weighted by Gasteiger charge is 2.26. The fraction of sp³-hybridized carbons (Fsp3) is 0.280. The number of amides is 2. The van der Waals surface area contributed by atoms with Crippen LogP contribution in [-0.4, -0.2) is 43.5 Å². The lowest BCUT2D eigenvalue weighted by molar-refractivity contribution is -0.136. The molecule has 6 heteroatoms. The second-order valence-corrected chi connectivity index (χ2v) is 7.69. The van der Waals surface area contributed by atoms with Crippen LogP contribution in [0.5, 0.6) is 5.75 Å². The summed E-state index contributed by atoms with van der Waals surface area (Å²) in [6.45, 7) is 2.33. The van der Waals surface area contributed by atoms with Crippen LogP contribution < -0.4 is 15.4 Å². The quantitative estimate of drug-likeness (QED) is 0.600. The molecule has 1 aliphatic heterocycles. The molecule has 160 valence electrons. The van der Waals surface area contributed by atoms with E-state index in [-0.39, 0.29) is 6.04 Å². The zero-order valence-corrected chi connectivity index (χ0v) is 17.6. The molecule has 3 aromatic carbocycles. The lowest BCUT2D eigenvalue weighted by Gasteiger charge is -2.29. The van der Waals surface area contributed by atoms with Crippen LogP contribution in [0.3, 0.4) is 0 Å². The molecule has 0 unspecified atom stereocenters. The average Bonchev–Trinajstić information content (AvgIpc) is 3.34. The van der Waals surface area contributed by atoms with Crippen LogP contribution in [0, 0.1) is 0 Å². The summed E-state index contributed by atoms with van der Waals surface area (Å²) in [4.78, 5) is 27.4. The van der Waals surface area contributed by atoms with Gasteiger partial charge in [0.25, 0.3) is 0 Å². The minimum atomic E-state index is -0.706. The molecular formula is C25H27N3O3. The molecule has 3 aromatic rings. The maximum atomic E-state index is 12.6. The van der Waals surface area contributed by atoms with Gasteiger partial charge in [0.2, 0.25) is 0 Å². The van der Waals surface area contributed by atoms with Crippen molar-refractivity contribution >= 4 is 28.3 Å². The fourth-order valence-corrected chi connectivity index (χ4v) is 4.23. The van der Waals surface area contributed by atoms with E-state index in [1.54, 1.807) is 24.3 Å². The van der Waals surface area contributed by atoms with E-state index in [0.29, 0.717) is 18.0 Å². The van der Waals surface area contributed by atoms with Crippen molar-refractivity contribution in [1.29, 1.82) is 0 Å². The smallest absolute Gasteiger partial charge is 0.313 e. The number of rotatable bonds is 6. The largest absolute Gasteiger partial charge is 0.495 e. The number of nitrogens with zero attached hydrogens (tertiary/aromatic N) is 1. The highest BCUT2D eigenvalue weighted by Crippen LogP contribution is 2.30. The number of carbonyl (C=O) groups excluding carboxylic acids is 2. The van der Waals surface area contributed by atoms with Crippen LogP contribution in [0.4, 0.5) is 5.69 Å². The van der Waals surface area contributed by atoms with Gasteiger partial charge in [-0.15, -0.1) is 0 Å². The number of hydrogen-bond acceptors (Lipinski definition) is 4. The summed E-state index contributed by atoms with van der Waals surface area (Å²) in [5.41, 5.74) is 1.64. The van der Waals surface area contributed by atoms with Crippen LogP contribution >= 0.6 is 0 Å². The summed E-state index contributed by atoms with van der Waals surface area (Å²) >= 11 is 0. The van der Waals surface area contributed by atoms with Gasteiger partial charge in [-0.2, -0.15) is 0 Å². The monoisotopic (exact) mass is 417 g/mol. The van der Waals surface area contributed by atoms with Gasteiger partial charge in [0.15, 0.2) is 0 Å². The van der Waals surface area contributed by atoms with E-state index in [4.69, 9.17) is 4.74 Å². The zero-order chi connectivity index (χ0) is 21.6. The van der Waals surface area contributed by atoms with Crippen LogP contribution in [0.2, 0.25) is 0 Å². The van der Waals surface area contributed by atoms with Crippen molar-refractivity contribution in [3.8, 4) is 5.75 Å². The standard InChI is InChI=1S/C25H27N3O3/c1-31-23-14-5-4-13-21(23)27-25(30)24(29)26-17-22(28-15-6-7-16-28)20-12-8-10-18-9-2-3-11-19(18)20/h2-5,8-14,22H,6-7,15-17H2,1H3,(H,26,29)(H,27,30)/t22-/m0/s1. The molecule has 1 aliphatic rings. The van der Waals surface area contributed by atoms with E-state index in [1.165, 1.54) is 23.4 Å². The van der Waals surface area contributed by atoms with Gasteiger partial charge in [0, 0.05) is 6.54 Å². The minimum Gasteiger partial charge on any atom is -0.495 e. The molecule has 0 aromatic heterocycles. The summed E-state index contributed by atoms with van der Waals surface area (Å²) in [6, 6.07) is 21.6. The van der Waals surface area contributed by atoms with Crippen LogP contribution in [0.1, 0.15) is 24.4 Å². The molecule has 1 atom stereocenters. The second kappa shape index (κ2) is 9.62.